The molecule has 0 atom stereocenters. The summed E-state index contributed by atoms with van der Waals surface area (Å²) in [5.41, 5.74) is 4.69. The van der Waals surface area contributed by atoms with Gasteiger partial charge in [0, 0.05) is 20.8 Å². The van der Waals surface area contributed by atoms with Crippen LogP contribution in [0.5, 0.6) is 0 Å². The predicted molar refractivity (Wildman–Crippen MR) is 164 cm³/mol. The topological polar surface area (TPSA) is 12.4 Å². The van der Waals surface area contributed by atoms with Gasteiger partial charge in [0.05, 0.1) is 12.7 Å². The van der Waals surface area contributed by atoms with Crippen LogP contribution in [0, 0.1) is 13.8 Å². The third-order valence-electron chi connectivity index (χ3n) is 6.30. The normalized spacial score (nSPS) is 11.8. The summed E-state index contributed by atoms with van der Waals surface area (Å²) in [5.74, 6) is 0. The van der Waals surface area contributed by atoms with Gasteiger partial charge in [-0.2, -0.15) is 0 Å². The summed E-state index contributed by atoms with van der Waals surface area (Å²) in [6, 6.07) is 49.7. The Morgan fingerprint density at radius 2 is 1.03 bits per heavy atom. The molecule has 37 heavy (non-hydrogen) atoms. The lowest BCUT2D eigenvalue weighted by molar-refractivity contribution is 1.38. The zero-order valence-corrected chi connectivity index (χ0v) is 22.9. The van der Waals surface area contributed by atoms with Gasteiger partial charge in [0.15, 0.2) is 0 Å². The van der Waals surface area contributed by atoms with E-state index in [2.05, 4.69) is 159 Å². The van der Waals surface area contributed by atoms with Crippen LogP contribution in [-0.4, -0.2) is 0 Å². The van der Waals surface area contributed by atoms with E-state index in [0.29, 0.717) is 0 Å². The van der Waals surface area contributed by atoms with Gasteiger partial charge in [-0.3, -0.25) is 4.74 Å². The highest BCUT2D eigenvalue weighted by atomic mass is 32.2. The van der Waals surface area contributed by atoms with Crippen LogP contribution in [0.15, 0.2) is 155 Å². The third kappa shape index (κ3) is 5.72. The Morgan fingerprint density at radius 1 is 0.568 bits per heavy atom. The number of nitrogens with zero attached hydrogens (tertiary/aromatic N) is 1. The maximum atomic E-state index is 5.70. The van der Waals surface area contributed by atoms with Gasteiger partial charge in [0.1, 0.15) is 0 Å². The van der Waals surface area contributed by atoms with E-state index in [0.717, 1.165) is 5.69 Å². The average molecular weight is 516 g/mol. The molecule has 0 radical (unpaired) electrons. The van der Waals surface area contributed by atoms with Gasteiger partial charge in [0.2, 0.25) is 0 Å². The molecule has 0 bridgehead atoms. The second-order valence-corrected chi connectivity index (χ2v) is 13.0. The van der Waals surface area contributed by atoms with Crippen LogP contribution in [0.1, 0.15) is 16.7 Å². The maximum absolute atomic E-state index is 5.70. The molecule has 0 aromatic heterocycles. The Hall–Kier alpha value is -3.58. The summed E-state index contributed by atoms with van der Waals surface area (Å²) in [6.45, 7) is 4.25. The molecule has 0 spiro atoms. The average Bonchev–Trinajstić information content (AvgIpc) is 2.96. The van der Waals surface area contributed by atoms with Gasteiger partial charge < -0.3 is 0 Å². The highest BCUT2D eigenvalue weighted by Gasteiger charge is 2.31. The van der Waals surface area contributed by atoms with Crippen molar-refractivity contribution in [1.29, 1.82) is 0 Å². The molecule has 0 saturated carbocycles. The zero-order valence-electron chi connectivity index (χ0n) is 21.2. The van der Waals surface area contributed by atoms with Crippen LogP contribution in [0.4, 0.5) is 5.69 Å². The Labute approximate surface area is 225 Å². The number of hydrogen-bond acceptors (Lipinski definition) is 2. The van der Waals surface area contributed by atoms with Crippen molar-refractivity contribution in [1.82, 2.24) is 0 Å². The van der Waals surface area contributed by atoms with Crippen LogP contribution in [0.3, 0.4) is 0 Å². The molecule has 1 nitrogen and oxygen atoms in total. The molecule has 0 N–H and O–H groups in total. The Kier molecular flexibility index (Phi) is 7.90. The molecule has 3 heteroatoms. The molecule has 0 saturated heterocycles. The van der Waals surface area contributed by atoms with E-state index in [1.807, 2.05) is 0 Å². The number of rotatable bonds is 7. The fraction of sp³-hybridized carbons (Fsp3) is 0.0588. The summed E-state index contributed by atoms with van der Waals surface area (Å²) in [4.78, 5) is 1.22. The first kappa shape index (κ1) is 25.1. The minimum atomic E-state index is -2.45. The smallest absolute Gasteiger partial charge is 0.0625 e. The lowest BCUT2D eigenvalue weighted by Crippen LogP contribution is -2.17. The summed E-state index contributed by atoms with van der Waals surface area (Å²) < 4.78 is 5.70. The first-order valence-electron chi connectivity index (χ1n) is 12.4. The number of aryl methyl sites for hydroxylation is 2. The molecular weight excluding hydrogens is 485 g/mol. The fourth-order valence-electron chi connectivity index (χ4n) is 4.35. The molecule has 5 aromatic rings. The molecular formula is C34H30NPS. The molecule has 0 aliphatic rings. The van der Waals surface area contributed by atoms with Crippen LogP contribution < -0.4 is 10.6 Å². The first-order valence-corrected chi connectivity index (χ1v) is 15.1. The Balaban J connectivity index is 1.86. The van der Waals surface area contributed by atoms with Crippen molar-refractivity contribution in [2.75, 3.05) is 0 Å². The van der Waals surface area contributed by atoms with Crippen molar-refractivity contribution in [3.63, 3.8) is 0 Å². The number of hydrogen-bond donors (Lipinski definition) is 0. The molecule has 5 aromatic carbocycles. The van der Waals surface area contributed by atoms with E-state index in [-0.39, 0.29) is 0 Å². The van der Waals surface area contributed by atoms with Gasteiger partial charge in [-0.1, -0.05) is 138 Å². The molecule has 0 fully saturated rings. The van der Waals surface area contributed by atoms with Gasteiger partial charge in [0.25, 0.3) is 0 Å². The lowest BCUT2D eigenvalue weighted by Gasteiger charge is -2.29. The van der Waals surface area contributed by atoms with Crippen LogP contribution in [-0.2, 0) is 0 Å². The summed E-state index contributed by atoms with van der Waals surface area (Å²) >= 11 is 1.77. The van der Waals surface area contributed by atoms with Gasteiger partial charge in [-0.25, -0.2) is 0 Å². The second kappa shape index (κ2) is 11.6. The van der Waals surface area contributed by atoms with Crippen LogP contribution in [0.2, 0.25) is 0 Å². The van der Waals surface area contributed by atoms with Crippen molar-refractivity contribution < 1.29 is 0 Å². The highest BCUT2D eigenvalue weighted by molar-refractivity contribution is 8.03. The van der Waals surface area contributed by atoms with Gasteiger partial charge in [-0.05, 0) is 49.1 Å². The van der Waals surface area contributed by atoms with E-state index in [1.165, 1.54) is 37.5 Å². The Morgan fingerprint density at radius 3 is 1.54 bits per heavy atom. The molecule has 182 valence electrons. The minimum absolute atomic E-state index is 0.994. The maximum Gasteiger partial charge on any atom is 0.0625 e. The second-order valence-electron chi connectivity index (χ2n) is 9.04. The Bertz CT molecular complexity index is 1480. The van der Waals surface area contributed by atoms with Crippen molar-refractivity contribution >= 4 is 40.4 Å². The van der Waals surface area contributed by atoms with E-state index in [9.17, 15) is 0 Å². The molecule has 0 amide bonds. The molecule has 0 aliphatic carbocycles. The molecule has 5 rings (SSSR count). The SMILES string of the molecule is Cc1ccc(N=P(/C(=C/Sc2ccc(C)cc2)c2ccccc2)(c2ccccc2)c2ccccc2)cc1. The summed E-state index contributed by atoms with van der Waals surface area (Å²) in [5, 5.41) is 6.06. The van der Waals surface area contributed by atoms with Crippen LogP contribution >= 0.6 is 18.8 Å². The predicted octanol–water partition coefficient (Wildman–Crippen LogP) is 9.58. The fourth-order valence-corrected chi connectivity index (χ4v) is 9.20. The van der Waals surface area contributed by atoms with Crippen molar-refractivity contribution in [3.05, 3.63) is 162 Å². The minimum Gasteiger partial charge on any atom is -0.254 e. The van der Waals surface area contributed by atoms with Gasteiger partial charge >= 0.3 is 0 Å². The molecule has 0 unspecified atom stereocenters. The monoisotopic (exact) mass is 515 g/mol. The van der Waals surface area contributed by atoms with Gasteiger partial charge in [-0.15, -0.1) is 0 Å². The number of benzene rings is 5. The van der Waals surface area contributed by atoms with E-state index in [4.69, 9.17) is 4.74 Å². The van der Waals surface area contributed by atoms with Crippen molar-refractivity contribution in [3.8, 4) is 0 Å². The largest absolute Gasteiger partial charge is 0.254 e. The van der Waals surface area contributed by atoms with Crippen molar-refractivity contribution in [2.45, 2.75) is 18.7 Å². The van der Waals surface area contributed by atoms with E-state index >= 15 is 0 Å². The van der Waals surface area contributed by atoms with Crippen molar-refractivity contribution in [2.24, 2.45) is 4.74 Å². The highest BCUT2D eigenvalue weighted by Crippen LogP contribution is 2.62. The first-order chi connectivity index (χ1) is 18.1. The van der Waals surface area contributed by atoms with E-state index < -0.39 is 7.05 Å². The molecule has 0 heterocycles. The lowest BCUT2D eigenvalue weighted by atomic mass is 10.2. The number of thioether (sulfide) groups is 1. The quantitative estimate of drug-likeness (QED) is 0.155. The summed E-state index contributed by atoms with van der Waals surface area (Å²) in [7, 11) is -2.45. The standard InChI is InChI=1S/C34H30NPS/c1-27-18-22-30(23-19-27)35-36(31-14-8-4-9-15-31,32-16-10-5-11-17-32)34(29-12-6-3-7-13-29)26-37-33-24-20-28(2)21-25-33/h3-26H,1-2H3/b34-26+. The zero-order chi connectivity index (χ0) is 25.5. The summed E-state index contributed by atoms with van der Waals surface area (Å²) in [6.07, 6.45) is 0. The van der Waals surface area contributed by atoms with E-state index in [1.54, 1.807) is 11.8 Å². The molecule has 0 aliphatic heterocycles. The van der Waals surface area contributed by atoms with Crippen LogP contribution in [0.25, 0.3) is 5.31 Å². The third-order valence-corrected chi connectivity index (χ3v) is 11.1.